The molecule has 1 atom stereocenters. The monoisotopic (exact) mass is 346 g/mol. The number of hydrogen-bond acceptors (Lipinski definition) is 3. The van der Waals surface area contributed by atoms with Gasteiger partial charge in [-0.15, -0.1) is 0 Å². The number of nitrogens with one attached hydrogen (secondary N) is 1. The molecule has 1 amide bonds. The van der Waals surface area contributed by atoms with Crippen LogP contribution in [0.2, 0.25) is 0 Å². The second kappa shape index (κ2) is 5.46. The number of benzene rings is 2. The lowest BCUT2D eigenvalue weighted by Crippen LogP contribution is -2.45. The standard InChI is InChI=1S/C21H18N2O3/c24-18-11-21(26-19-8-4-2-6-15(18)19)9-10-23(13-21)20(25)16-12-22-17-7-3-1-5-14(16)17/h1-8,12,22H,9-11,13H2. The van der Waals surface area contributed by atoms with Gasteiger partial charge in [-0.05, 0) is 18.2 Å². The van der Waals surface area contributed by atoms with E-state index in [-0.39, 0.29) is 11.7 Å². The highest BCUT2D eigenvalue weighted by atomic mass is 16.5. The highest BCUT2D eigenvalue weighted by Crippen LogP contribution is 2.39. The summed E-state index contributed by atoms with van der Waals surface area (Å²) in [5.41, 5.74) is 1.65. The number of carbonyl (C=O) groups excluding carboxylic acids is 2. The summed E-state index contributed by atoms with van der Waals surface area (Å²) >= 11 is 0. The lowest BCUT2D eigenvalue weighted by molar-refractivity contribution is 0.0429. The van der Waals surface area contributed by atoms with Crippen molar-refractivity contribution in [2.45, 2.75) is 18.4 Å². The van der Waals surface area contributed by atoms with Gasteiger partial charge in [-0.3, -0.25) is 9.59 Å². The second-order valence-corrected chi connectivity index (χ2v) is 7.11. The molecule has 1 unspecified atom stereocenters. The van der Waals surface area contributed by atoms with Gasteiger partial charge in [0.2, 0.25) is 0 Å². The Hall–Kier alpha value is -3.08. The summed E-state index contributed by atoms with van der Waals surface area (Å²) in [4.78, 5) is 30.5. The molecule has 1 N–H and O–H groups in total. The number of aromatic amines is 1. The third-order valence-corrected chi connectivity index (χ3v) is 5.42. The maximum Gasteiger partial charge on any atom is 0.256 e. The molecule has 26 heavy (non-hydrogen) atoms. The largest absolute Gasteiger partial charge is 0.484 e. The van der Waals surface area contributed by atoms with Gasteiger partial charge in [-0.1, -0.05) is 30.3 Å². The van der Waals surface area contributed by atoms with E-state index in [2.05, 4.69) is 4.98 Å². The van der Waals surface area contributed by atoms with Crippen molar-refractivity contribution in [3.05, 3.63) is 65.9 Å². The normalized spacial score (nSPS) is 21.8. The Kier molecular flexibility index (Phi) is 3.19. The van der Waals surface area contributed by atoms with E-state index < -0.39 is 5.60 Å². The van der Waals surface area contributed by atoms with E-state index in [0.29, 0.717) is 42.8 Å². The summed E-state index contributed by atoms with van der Waals surface area (Å²) in [6, 6.07) is 15.1. The SMILES string of the molecule is O=C1CC2(CCN(C(=O)c3c[nH]c4ccccc34)C2)Oc2ccccc21. The molecule has 1 spiro atoms. The number of likely N-dealkylation sites (tertiary alicyclic amines) is 1. The number of fused-ring (bicyclic) bond motifs is 2. The molecule has 130 valence electrons. The van der Waals surface area contributed by atoms with Gasteiger partial charge in [0.1, 0.15) is 11.4 Å². The Morgan fingerprint density at radius 2 is 1.92 bits per heavy atom. The topological polar surface area (TPSA) is 62.4 Å². The Morgan fingerprint density at radius 1 is 1.12 bits per heavy atom. The number of hydrogen-bond donors (Lipinski definition) is 1. The first kappa shape index (κ1) is 15.2. The van der Waals surface area contributed by atoms with Crippen molar-refractivity contribution in [1.29, 1.82) is 0 Å². The predicted octanol–water partition coefficient (Wildman–Crippen LogP) is 3.42. The first-order valence-electron chi connectivity index (χ1n) is 8.82. The molecule has 5 rings (SSSR count). The van der Waals surface area contributed by atoms with Gasteiger partial charge in [-0.25, -0.2) is 0 Å². The maximum absolute atomic E-state index is 13.0. The number of Topliss-reactive ketones (excluding diaryl/α,β-unsaturated/α-hetero) is 1. The van der Waals surface area contributed by atoms with E-state index in [0.717, 1.165) is 10.9 Å². The minimum Gasteiger partial charge on any atom is -0.484 e. The van der Waals surface area contributed by atoms with Gasteiger partial charge in [0.05, 0.1) is 24.1 Å². The summed E-state index contributed by atoms with van der Waals surface area (Å²) in [5, 5.41) is 0.921. The molecule has 0 bridgehead atoms. The number of ether oxygens (including phenoxy) is 1. The van der Waals surface area contributed by atoms with E-state index in [9.17, 15) is 9.59 Å². The third-order valence-electron chi connectivity index (χ3n) is 5.42. The fourth-order valence-electron chi connectivity index (χ4n) is 4.11. The molecule has 0 radical (unpaired) electrons. The number of aromatic nitrogens is 1. The molecule has 5 nitrogen and oxygen atoms in total. The zero-order valence-corrected chi connectivity index (χ0v) is 14.2. The molecule has 3 heterocycles. The van der Waals surface area contributed by atoms with E-state index in [1.165, 1.54) is 0 Å². The summed E-state index contributed by atoms with van der Waals surface area (Å²) in [5.74, 6) is 0.701. The summed E-state index contributed by atoms with van der Waals surface area (Å²) < 4.78 is 6.21. The minimum atomic E-state index is -0.604. The Bertz CT molecular complexity index is 1040. The molecule has 5 heteroatoms. The van der Waals surface area contributed by atoms with Crippen molar-refractivity contribution >= 4 is 22.6 Å². The molecule has 1 aromatic heterocycles. The first-order chi connectivity index (χ1) is 12.7. The van der Waals surface area contributed by atoms with E-state index in [1.54, 1.807) is 17.2 Å². The van der Waals surface area contributed by atoms with Crippen molar-refractivity contribution in [2.75, 3.05) is 13.1 Å². The van der Waals surface area contributed by atoms with Gasteiger partial charge in [-0.2, -0.15) is 0 Å². The van der Waals surface area contributed by atoms with Crippen LogP contribution in [0.15, 0.2) is 54.7 Å². The Labute approximate surface area is 150 Å². The van der Waals surface area contributed by atoms with Gasteiger partial charge < -0.3 is 14.6 Å². The zero-order valence-electron chi connectivity index (χ0n) is 14.2. The van der Waals surface area contributed by atoms with Crippen molar-refractivity contribution in [3.8, 4) is 5.75 Å². The molecular formula is C21H18N2O3. The van der Waals surface area contributed by atoms with Crippen LogP contribution >= 0.6 is 0 Å². The van der Waals surface area contributed by atoms with Crippen molar-refractivity contribution in [1.82, 2.24) is 9.88 Å². The number of carbonyl (C=O) groups is 2. The molecule has 2 aliphatic heterocycles. The molecule has 1 saturated heterocycles. The lowest BCUT2D eigenvalue weighted by Gasteiger charge is -2.34. The van der Waals surface area contributed by atoms with Crippen molar-refractivity contribution < 1.29 is 14.3 Å². The average molecular weight is 346 g/mol. The highest BCUT2D eigenvalue weighted by Gasteiger charge is 2.47. The molecule has 2 aromatic carbocycles. The number of ketones is 1. The number of nitrogens with zero attached hydrogens (tertiary/aromatic N) is 1. The average Bonchev–Trinajstić information content (AvgIpc) is 3.26. The molecule has 3 aromatic rings. The third kappa shape index (κ3) is 2.24. The Balaban J connectivity index is 1.43. The van der Waals surface area contributed by atoms with Crippen molar-refractivity contribution in [3.63, 3.8) is 0 Å². The molecule has 0 aliphatic carbocycles. The van der Waals surface area contributed by atoms with Crippen LogP contribution in [-0.4, -0.2) is 40.3 Å². The number of rotatable bonds is 1. The quantitative estimate of drug-likeness (QED) is 0.734. The lowest BCUT2D eigenvalue weighted by atomic mass is 9.89. The Morgan fingerprint density at radius 3 is 2.85 bits per heavy atom. The van der Waals surface area contributed by atoms with Gasteiger partial charge in [0.15, 0.2) is 5.78 Å². The first-order valence-corrected chi connectivity index (χ1v) is 8.82. The summed E-state index contributed by atoms with van der Waals surface area (Å²) in [6.07, 6.45) is 2.75. The van der Waals surface area contributed by atoms with E-state index >= 15 is 0 Å². The van der Waals surface area contributed by atoms with Crippen LogP contribution in [0, 0.1) is 0 Å². The van der Waals surface area contributed by atoms with Crippen LogP contribution in [0.5, 0.6) is 5.75 Å². The number of H-pyrrole nitrogens is 1. The second-order valence-electron chi connectivity index (χ2n) is 7.11. The number of para-hydroxylation sites is 2. The van der Waals surface area contributed by atoms with E-state index in [4.69, 9.17) is 4.74 Å². The van der Waals surface area contributed by atoms with Crippen molar-refractivity contribution in [2.24, 2.45) is 0 Å². The van der Waals surface area contributed by atoms with Crippen LogP contribution in [0.1, 0.15) is 33.6 Å². The molecule has 2 aliphatic rings. The van der Waals surface area contributed by atoms with Crippen LogP contribution in [-0.2, 0) is 0 Å². The van der Waals surface area contributed by atoms with Crippen LogP contribution in [0.4, 0.5) is 0 Å². The highest BCUT2D eigenvalue weighted by molar-refractivity contribution is 6.07. The smallest absolute Gasteiger partial charge is 0.256 e. The zero-order chi connectivity index (χ0) is 17.7. The minimum absolute atomic E-state index is 0.0192. The van der Waals surface area contributed by atoms with Gasteiger partial charge in [0.25, 0.3) is 5.91 Å². The fourth-order valence-corrected chi connectivity index (χ4v) is 4.11. The van der Waals surface area contributed by atoms with Gasteiger partial charge in [0, 0.05) is 30.1 Å². The molecule has 0 saturated carbocycles. The van der Waals surface area contributed by atoms with Crippen LogP contribution in [0.3, 0.4) is 0 Å². The van der Waals surface area contributed by atoms with Crippen LogP contribution in [0.25, 0.3) is 10.9 Å². The summed E-state index contributed by atoms with van der Waals surface area (Å²) in [6.45, 7) is 1.03. The van der Waals surface area contributed by atoms with Gasteiger partial charge >= 0.3 is 0 Å². The fraction of sp³-hybridized carbons (Fsp3) is 0.238. The maximum atomic E-state index is 13.0. The van der Waals surface area contributed by atoms with E-state index in [1.807, 2.05) is 42.5 Å². The van der Waals surface area contributed by atoms with Crippen LogP contribution < -0.4 is 4.74 Å². The summed E-state index contributed by atoms with van der Waals surface area (Å²) in [7, 11) is 0. The molecule has 1 fully saturated rings. The number of amides is 1. The molecular weight excluding hydrogens is 328 g/mol. The predicted molar refractivity (Wildman–Crippen MR) is 97.6 cm³/mol.